The van der Waals surface area contributed by atoms with Crippen molar-refractivity contribution in [3.05, 3.63) is 53.7 Å². The summed E-state index contributed by atoms with van der Waals surface area (Å²) in [4.78, 5) is 13.0. The molecule has 4 nitrogen and oxygen atoms in total. The van der Waals surface area contributed by atoms with Crippen molar-refractivity contribution in [2.45, 2.75) is 6.92 Å². The Kier molecular flexibility index (Phi) is 3.39. The van der Waals surface area contributed by atoms with Gasteiger partial charge in [-0.05, 0) is 30.2 Å². The molecule has 0 aliphatic carbocycles. The minimum atomic E-state index is -0.454. The molecule has 0 fully saturated rings. The summed E-state index contributed by atoms with van der Waals surface area (Å²) in [6, 6.07) is 6.06. The first-order valence-electron chi connectivity index (χ1n) is 5.96. The molecule has 2 aromatic heterocycles. The summed E-state index contributed by atoms with van der Waals surface area (Å²) >= 11 is 1.58. The highest BCUT2D eigenvalue weighted by Crippen LogP contribution is 2.28. The standard InChI is InChI=1S/C14H11FN4S/c1-9-2-10(13-7-16-8-20-13)4-12(3-9)19-14-17-5-11(15)6-18-14/h2-8H,1H3,(H,17,18,19). The predicted octanol–water partition coefficient (Wildman–Crippen LogP) is 3.79. The third-order valence-electron chi connectivity index (χ3n) is 2.67. The van der Waals surface area contributed by atoms with Gasteiger partial charge in [0.25, 0.3) is 0 Å². The zero-order valence-electron chi connectivity index (χ0n) is 10.7. The molecule has 0 unspecified atom stereocenters. The largest absolute Gasteiger partial charge is 0.324 e. The van der Waals surface area contributed by atoms with Gasteiger partial charge in [-0.1, -0.05) is 6.07 Å². The molecule has 0 saturated carbocycles. The van der Waals surface area contributed by atoms with Gasteiger partial charge >= 0.3 is 0 Å². The van der Waals surface area contributed by atoms with Crippen molar-refractivity contribution in [1.29, 1.82) is 0 Å². The Hall–Kier alpha value is -2.34. The van der Waals surface area contributed by atoms with Crippen molar-refractivity contribution < 1.29 is 4.39 Å². The van der Waals surface area contributed by atoms with Crippen LogP contribution in [0.25, 0.3) is 10.4 Å². The van der Waals surface area contributed by atoms with Crippen LogP contribution in [0.15, 0.2) is 42.3 Å². The second-order valence-electron chi connectivity index (χ2n) is 4.30. The lowest BCUT2D eigenvalue weighted by molar-refractivity contribution is 0.614. The normalized spacial score (nSPS) is 10.5. The van der Waals surface area contributed by atoms with Crippen LogP contribution in [-0.4, -0.2) is 15.0 Å². The third kappa shape index (κ3) is 2.80. The fourth-order valence-electron chi connectivity index (χ4n) is 1.86. The SMILES string of the molecule is Cc1cc(Nc2ncc(F)cn2)cc(-c2cncs2)c1. The van der Waals surface area contributed by atoms with Crippen LogP contribution in [0, 0.1) is 12.7 Å². The van der Waals surface area contributed by atoms with Gasteiger partial charge in [-0.3, -0.25) is 4.98 Å². The van der Waals surface area contributed by atoms with Crippen LogP contribution in [0.1, 0.15) is 5.56 Å². The van der Waals surface area contributed by atoms with Gasteiger partial charge in [-0.15, -0.1) is 11.3 Å². The minimum Gasteiger partial charge on any atom is -0.324 e. The number of thiazole rings is 1. The van der Waals surface area contributed by atoms with E-state index >= 15 is 0 Å². The molecule has 3 rings (SSSR count). The molecule has 20 heavy (non-hydrogen) atoms. The monoisotopic (exact) mass is 286 g/mol. The van der Waals surface area contributed by atoms with E-state index in [0.29, 0.717) is 5.95 Å². The van der Waals surface area contributed by atoms with Gasteiger partial charge in [0.15, 0.2) is 5.82 Å². The molecule has 0 aliphatic heterocycles. The van der Waals surface area contributed by atoms with Crippen molar-refractivity contribution in [3.63, 3.8) is 0 Å². The zero-order valence-corrected chi connectivity index (χ0v) is 11.5. The maximum atomic E-state index is 12.8. The molecule has 1 N–H and O–H groups in total. The van der Waals surface area contributed by atoms with Gasteiger partial charge in [0.1, 0.15) is 0 Å². The average molecular weight is 286 g/mol. The van der Waals surface area contributed by atoms with E-state index < -0.39 is 5.82 Å². The Labute approximate surface area is 119 Å². The molecule has 0 radical (unpaired) electrons. The number of aromatic nitrogens is 3. The van der Waals surface area contributed by atoms with Gasteiger partial charge in [0.05, 0.1) is 22.8 Å². The number of aryl methyl sites for hydroxylation is 1. The van der Waals surface area contributed by atoms with Crippen LogP contribution in [0.5, 0.6) is 0 Å². The molecule has 3 aromatic rings. The molecule has 0 bridgehead atoms. The lowest BCUT2D eigenvalue weighted by Crippen LogP contribution is -1.97. The summed E-state index contributed by atoms with van der Waals surface area (Å²) < 4.78 is 12.8. The summed E-state index contributed by atoms with van der Waals surface area (Å²) in [5.41, 5.74) is 4.85. The molecule has 0 amide bonds. The van der Waals surface area contributed by atoms with E-state index in [4.69, 9.17) is 0 Å². The number of nitrogens with one attached hydrogen (secondary N) is 1. The van der Waals surface area contributed by atoms with Crippen LogP contribution in [-0.2, 0) is 0 Å². The smallest absolute Gasteiger partial charge is 0.227 e. The van der Waals surface area contributed by atoms with Gasteiger partial charge < -0.3 is 5.32 Å². The van der Waals surface area contributed by atoms with E-state index in [2.05, 4.69) is 26.3 Å². The predicted molar refractivity (Wildman–Crippen MR) is 77.6 cm³/mol. The van der Waals surface area contributed by atoms with Crippen molar-refractivity contribution in [3.8, 4) is 10.4 Å². The second kappa shape index (κ2) is 5.34. The fraction of sp³-hybridized carbons (Fsp3) is 0.0714. The summed E-state index contributed by atoms with van der Waals surface area (Å²) in [5.74, 6) is -0.0857. The van der Waals surface area contributed by atoms with E-state index in [1.54, 1.807) is 16.8 Å². The van der Waals surface area contributed by atoms with E-state index in [1.165, 1.54) is 0 Å². The summed E-state index contributed by atoms with van der Waals surface area (Å²) in [7, 11) is 0. The molecule has 0 spiro atoms. The van der Waals surface area contributed by atoms with E-state index in [9.17, 15) is 4.39 Å². The van der Waals surface area contributed by atoms with Gasteiger partial charge in [-0.2, -0.15) is 0 Å². The highest BCUT2D eigenvalue weighted by atomic mass is 32.1. The van der Waals surface area contributed by atoms with Crippen molar-refractivity contribution in [1.82, 2.24) is 15.0 Å². The van der Waals surface area contributed by atoms with Gasteiger partial charge in [0, 0.05) is 11.9 Å². The summed E-state index contributed by atoms with van der Waals surface area (Å²) in [6.45, 7) is 2.02. The topological polar surface area (TPSA) is 50.7 Å². The molecular weight excluding hydrogens is 275 g/mol. The van der Waals surface area contributed by atoms with Crippen molar-refractivity contribution >= 4 is 23.0 Å². The molecule has 0 aliphatic rings. The lowest BCUT2D eigenvalue weighted by Gasteiger charge is -2.08. The Morgan fingerprint density at radius 2 is 1.90 bits per heavy atom. The molecule has 0 saturated heterocycles. The van der Waals surface area contributed by atoms with E-state index in [1.807, 2.05) is 25.3 Å². The van der Waals surface area contributed by atoms with Crippen LogP contribution in [0.3, 0.4) is 0 Å². The van der Waals surface area contributed by atoms with Gasteiger partial charge in [-0.25, -0.2) is 14.4 Å². The Morgan fingerprint density at radius 3 is 2.60 bits per heavy atom. The number of benzene rings is 1. The number of anilines is 2. The third-order valence-corrected chi connectivity index (χ3v) is 3.49. The highest BCUT2D eigenvalue weighted by molar-refractivity contribution is 7.13. The Morgan fingerprint density at radius 1 is 1.10 bits per heavy atom. The first-order chi connectivity index (χ1) is 9.70. The first-order valence-corrected chi connectivity index (χ1v) is 6.84. The molecule has 1 aromatic carbocycles. The second-order valence-corrected chi connectivity index (χ2v) is 5.19. The van der Waals surface area contributed by atoms with E-state index in [-0.39, 0.29) is 0 Å². The molecule has 2 heterocycles. The molecule has 0 atom stereocenters. The van der Waals surface area contributed by atoms with E-state index in [0.717, 1.165) is 34.1 Å². The Balaban J connectivity index is 1.92. The van der Waals surface area contributed by atoms with Crippen molar-refractivity contribution in [2.24, 2.45) is 0 Å². The maximum Gasteiger partial charge on any atom is 0.227 e. The number of rotatable bonds is 3. The Bertz CT molecular complexity index is 711. The number of nitrogens with zero attached hydrogens (tertiary/aromatic N) is 3. The van der Waals surface area contributed by atoms with Crippen LogP contribution < -0.4 is 5.32 Å². The summed E-state index contributed by atoms with van der Waals surface area (Å²) in [6.07, 6.45) is 4.10. The van der Waals surface area contributed by atoms with Crippen LogP contribution >= 0.6 is 11.3 Å². The molecule has 6 heteroatoms. The van der Waals surface area contributed by atoms with Crippen LogP contribution in [0.4, 0.5) is 16.0 Å². The fourth-order valence-corrected chi connectivity index (χ4v) is 2.47. The number of halogens is 1. The minimum absolute atomic E-state index is 0.368. The number of hydrogen-bond donors (Lipinski definition) is 1. The average Bonchev–Trinajstić information content (AvgIpc) is 2.95. The summed E-state index contributed by atoms with van der Waals surface area (Å²) in [5, 5.41) is 3.07. The van der Waals surface area contributed by atoms with Crippen molar-refractivity contribution in [2.75, 3.05) is 5.32 Å². The quantitative estimate of drug-likeness (QED) is 0.796. The number of hydrogen-bond acceptors (Lipinski definition) is 5. The molecule has 100 valence electrons. The lowest BCUT2D eigenvalue weighted by atomic mass is 10.1. The highest BCUT2D eigenvalue weighted by Gasteiger charge is 2.04. The molecular formula is C14H11FN4S. The van der Waals surface area contributed by atoms with Crippen LogP contribution in [0.2, 0.25) is 0 Å². The maximum absolute atomic E-state index is 12.8. The zero-order chi connectivity index (χ0) is 13.9. The first kappa shape index (κ1) is 12.7. The van der Waals surface area contributed by atoms with Gasteiger partial charge in [0.2, 0.25) is 5.95 Å².